The Labute approximate surface area is 154 Å². The topological polar surface area (TPSA) is 67.5 Å². The molecule has 0 fully saturated rings. The molecule has 1 aromatic carbocycles. The van der Waals surface area contributed by atoms with Crippen molar-refractivity contribution in [3.05, 3.63) is 51.2 Å². The number of nitrogens with one attached hydrogen (secondary N) is 1. The number of ether oxygens (including phenoxy) is 2. The summed E-state index contributed by atoms with van der Waals surface area (Å²) in [4.78, 5) is 22.4. The van der Waals surface area contributed by atoms with Gasteiger partial charge < -0.3 is 14.5 Å². The third kappa shape index (κ3) is 3.90. The van der Waals surface area contributed by atoms with Gasteiger partial charge in [0, 0.05) is 43.1 Å². The summed E-state index contributed by atoms with van der Waals surface area (Å²) in [6.45, 7) is 6.52. The van der Waals surface area contributed by atoms with Crippen LogP contribution in [0.25, 0.3) is 0 Å². The fraction of sp³-hybridized carbons (Fsp3) is 0.500. The summed E-state index contributed by atoms with van der Waals surface area (Å²) in [5.41, 5.74) is 2.87. The molecule has 1 aliphatic heterocycles. The quantitative estimate of drug-likeness (QED) is 0.891. The second-order valence-electron chi connectivity index (χ2n) is 6.99. The van der Waals surface area contributed by atoms with Gasteiger partial charge in [-0.05, 0) is 24.6 Å². The van der Waals surface area contributed by atoms with E-state index in [9.17, 15) is 4.79 Å². The molecule has 140 valence electrons. The van der Waals surface area contributed by atoms with Gasteiger partial charge >= 0.3 is 0 Å². The second-order valence-corrected chi connectivity index (χ2v) is 6.99. The molecule has 26 heavy (non-hydrogen) atoms. The minimum atomic E-state index is 0.0134. The fourth-order valence-corrected chi connectivity index (χ4v) is 3.35. The summed E-state index contributed by atoms with van der Waals surface area (Å²) in [7, 11) is 3.35. The van der Waals surface area contributed by atoms with Crippen molar-refractivity contribution in [2.24, 2.45) is 0 Å². The average Bonchev–Trinajstić information content (AvgIpc) is 2.84. The molecule has 0 aliphatic carbocycles. The number of fused-ring (bicyclic) bond motifs is 1. The zero-order valence-electron chi connectivity index (χ0n) is 16.0. The predicted octanol–water partition coefficient (Wildman–Crippen LogP) is 2.51. The van der Waals surface area contributed by atoms with Crippen LogP contribution in [0, 0.1) is 0 Å². The van der Waals surface area contributed by atoms with Gasteiger partial charge in [0.05, 0.1) is 19.9 Å². The standard InChI is InChI=1S/C20H27N3O3/c1-13(2)19-21-17-8-10-23(9-7-16(17)20(24)22-19)12-14-11-15(25-3)5-6-18(14)26-4/h5-6,11,13H,7-10,12H2,1-4H3,(H,21,22,24). The van der Waals surface area contributed by atoms with Crippen molar-refractivity contribution in [2.75, 3.05) is 27.3 Å². The molecule has 2 heterocycles. The summed E-state index contributed by atoms with van der Waals surface area (Å²) in [5.74, 6) is 2.66. The Morgan fingerprint density at radius 1 is 1.19 bits per heavy atom. The lowest BCUT2D eigenvalue weighted by Gasteiger charge is -2.21. The van der Waals surface area contributed by atoms with E-state index >= 15 is 0 Å². The van der Waals surface area contributed by atoms with Crippen molar-refractivity contribution in [2.45, 2.75) is 39.2 Å². The molecular formula is C20H27N3O3. The Bertz CT molecular complexity index is 830. The van der Waals surface area contributed by atoms with E-state index in [-0.39, 0.29) is 11.5 Å². The Kier molecular flexibility index (Phi) is 5.61. The highest BCUT2D eigenvalue weighted by molar-refractivity contribution is 5.40. The Hall–Kier alpha value is -2.34. The summed E-state index contributed by atoms with van der Waals surface area (Å²) in [6.07, 6.45) is 1.49. The van der Waals surface area contributed by atoms with Gasteiger partial charge in [0.15, 0.2) is 0 Å². The largest absolute Gasteiger partial charge is 0.497 e. The second kappa shape index (κ2) is 7.91. The van der Waals surface area contributed by atoms with Crippen molar-refractivity contribution in [1.82, 2.24) is 14.9 Å². The van der Waals surface area contributed by atoms with E-state index in [4.69, 9.17) is 14.5 Å². The van der Waals surface area contributed by atoms with E-state index in [2.05, 4.69) is 9.88 Å². The lowest BCUT2D eigenvalue weighted by molar-refractivity contribution is 0.272. The van der Waals surface area contributed by atoms with Crippen molar-refractivity contribution < 1.29 is 9.47 Å². The number of hydrogen-bond acceptors (Lipinski definition) is 5. The number of rotatable bonds is 5. The molecule has 0 radical (unpaired) electrons. The predicted molar refractivity (Wildman–Crippen MR) is 101 cm³/mol. The summed E-state index contributed by atoms with van der Waals surface area (Å²) < 4.78 is 10.8. The van der Waals surface area contributed by atoms with E-state index in [0.717, 1.165) is 60.2 Å². The third-order valence-corrected chi connectivity index (χ3v) is 4.89. The molecule has 0 bridgehead atoms. The fourth-order valence-electron chi connectivity index (χ4n) is 3.35. The summed E-state index contributed by atoms with van der Waals surface area (Å²) in [5, 5.41) is 0. The first-order valence-corrected chi connectivity index (χ1v) is 9.07. The van der Waals surface area contributed by atoms with Crippen LogP contribution in [0.1, 0.15) is 42.4 Å². The van der Waals surface area contributed by atoms with Gasteiger partial charge in [0.2, 0.25) is 0 Å². The van der Waals surface area contributed by atoms with Crippen LogP contribution < -0.4 is 15.0 Å². The molecule has 3 rings (SSSR count). The van der Waals surface area contributed by atoms with E-state index < -0.39 is 0 Å². The van der Waals surface area contributed by atoms with Gasteiger partial charge in [0.1, 0.15) is 17.3 Å². The van der Waals surface area contributed by atoms with Crippen molar-refractivity contribution in [3.63, 3.8) is 0 Å². The van der Waals surface area contributed by atoms with Crippen LogP contribution in [0.3, 0.4) is 0 Å². The van der Waals surface area contributed by atoms with Crippen molar-refractivity contribution in [3.8, 4) is 11.5 Å². The molecule has 1 aromatic heterocycles. The van der Waals surface area contributed by atoms with E-state index in [0.29, 0.717) is 6.42 Å². The number of methoxy groups -OCH3 is 2. The molecule has 0 saturated carbocycles. The van der Waals surface area contributed by atoms with Crippen LogP contribution in [0.4, 0.5) is 0 Å². The number of nitrogens with zero attached hydrogens (tertiary/aromatic N) is 2. The molecule has 6 heteroatoms. The highest BCUT2D eigenvalue weighted by Crippen LogP contribution is 2.26. The Morgan fingerprint density at radius 2 is 1.96 bits per heavy atom. The molecule has 2 aromatic rings. The smallest absolute Gasteiger partial charge is 0.254 e. The highest BCUT2D eigenvalue weighted by Gasteiger charge is 2.20. The Morgan fingerprint density at radius 3 is 2.65 bits per heavy atom. The summed E-state index contributed by atoms with van der Waals surface area (Å²) in [6, 6.07) is 5.85. The molecule has 0 unspecified atom stereocenters. The number of H-pyrrole nitrogens is 1. The molecule has 0 spiro atoms. The molecule has 0 atom stereocenters. The third-order valence-electron chi connectivity index (χ3n) is 4.89. The highest BCUT2D eigenvalue weighted by atomic mass is 16.5. The maximum absolute atomic E-state index is 12.4. The zero-order valence-corrected chi connectivity index (χ0v) is 16.0. The van der Waals surface area contributed by atoms with Crippen LogP contribution >= 0.6 is 0 Å². The molecule has 0 amide bonds. The molecule has 1 N–H and O–H groups in total. The van der Waals surface area contributed by atoms with Gasteiger partial charge in [-0.25, -0.2) is 4.98 Å². The van der Waals surface area contributed by atoms with Crippen LogP contribution in [-0.4, -0.2) is 42.2 Å². The summed E-state index contributed by atoms with van der Waals surface area (Å²) >= 11 is 0. The SMILES string of the molecule is COc1ccc(OC)c(CN2CCc3nc(C(C)C)[nH]c(=O)c3CC2)c1. The lowest BCUT2D eigenvalue weighted by atomic mass is 10.1. The van der Waals surface area contributed by atoms with Gasteiger partial charge in [-0.15, -0.1) is 0 Å². The van der Waals surface area contributed by atoms with Gasteiger partial charge in [0.25, 0.3) is 5.56 Å². The molecule has 0 saturated heterocycles. The zero-order chi connectivity index (χ0) is 18.7. The first-order valence-electron chi connectivity index (χ1n) is 9.07. The van der Waals surface area contributed by atoms with Crippen LogP contribution in [0.2, 0.25) is 0 Å². The number of hydrogen-bond donors (Lipinski definition) is 1. The van der Waals surface area contributed by atoms with Gasteiger partial charge in [-0.1, -0.05) is 13.8 Å². The van der Waals surface area contributed by atoms with Crippen LogP contribution in [0.15, 0.2) is 23.0 Å². The molecule has 6 nitrogen and oxygen atoms in total. The van der Waals surface area contributed by atoms with Crippen LogP contribution in [-0.2, 0) is 19.4 Å². The van der Waals surface area contributed by atoms with E-state index in [1.807, 2.05) is 32.0 Å². The number of aromatic nitrogens is 2. The van der Waals surface area contributed by atoms with E-state index in [1.54, 1.807) is 14.2 Å². The minimum absolute atomic E-state index is 0.0134. The lowest BCUT2D eigenvalue weighted by Crippen LogP contribution is -2.26. The molecular weight excluding hydrogens is 330 g/mol. The number of aromatic amines is 1. The monoisotopic (exact) mass is 357 g/mol. The van der Waals surface area contributed by atoms with Gasteiger partial charge in [-0.3, -0.25) is 9.69 Å². The van der Waals surface area contributed by atoms with Gasteiger partial charge in [-0.2, -0.15) is 0 Å². The van der Waals surface area contributed by atoms with Crippen molar-refractivity contribution >= 4 is 0 Å². The normalized spacial score (nSPS) is 14.8. The first-order chi connectivity index (χ1) is 12.5. The maximum atomic E-state index is 12.4. The first kappa shape index (κ1) is 18.5. The Balaban J connectivity index is 1.80. The average molecular weight is 357 g/mol. The number of benzene rings is 1. The van der Waals surface area contributed by atoms with E-state index in [1.165, 1.54) is 0 Å². The van der Waals surface area contributed by atoms with Crippen molar-refractivity contribution in [1.29, 1.82) is 0 Å². The minimum Gasteiger partial charge on any atom is -0.497 e. The molecule has 1 aliphatic rings. The maximum Gasteiger partial charge on any atom is 0.254 e. The van der Waals surface area contributed by atoms with Crippen LogP contribution in [0.5, 0.6) is 11.5 Å².